The molecule has 0 bridgehead atoms. The average Bonchev–Trinajstić information content (AvgIpc) is 3.46. The molecule has 14 heteroatoms. The summed E-state index contributed by atoms with van der Waals surface area (Å²) in [5.74, 6) is -0.543. The van der Waals surface area contributed by atoms with E-state index in [-0.39, 0.29) is 29.8 Å². The number of ether oxygens (including phenoxy) is 1. The Labute approximate surface area is 184 Å². The van der Waals surface area contributed by atoms with Gasteiger partial charge in [0.1, 0.15) is 6.04 Å². The molecule has 0 aliphatic carbocycles. The number of β-lactam (4-membered cyclic amide) rings is 1. The van der Waals surface area contributed by atoms with Gasteiger partial charge in [-0.05, 0) is 46.1 Å². The van der Waals surface area contributed by atoms with Crippen LogP contribution in [0.4, 0.5) is 14.6 Å². The first-order valence-electron chi connectivity index (χ1n) is 9.34. The number of piperidine rings is 1. The minimum atomic E-state index is -1.51. The van der Waals surface area contributed by atoms with Gasteiger partial charge in [0.05, 0.1) is 15.9 Å². The molecule has 3 aliphatic rings. The molecule has 0 radical (unpaired) electrons. The lowest BCUT2D eigenvalue weighted by molar-refractivity contribution is -0.160. The predicted octanol–water partition coefficient (Wildman–Crippen LogP) is 1.40. The number of rotatable bonds is 4. The van der Waals surface area contributed by atoms with Crippen molar-refractivity contribution in [1.29, 1.82) is 0 Å². The molecule has 2 aromatic rings. The maximum absolute atomic E-state index is 13.1. The van der Waals surface area contributed by atoms with Crippen molar-refractivity contribution in [2.24, 2.45) is 13.0 Å². The third kappa shape index (κ3) is 2.96. The normalized spacial score (nSPS) is 24.2. The van der Waals surface area contributed by atoms with Crippen LogP contribution in [-0.2, 0) is 16.6 Å². The van der Waals surface area contributed by atoms with Gasteiger partial charge >= 0.3 is 12.2 Å². The van der Waals surface area contributed by atoms with Crippen molar-refractivity contribution in [2.75, 3.05) is 18.5 Å². The van der Waals surface area contributed by atoms with Crippen LogP contribution in [0.3, 0.4) is 0 Å². The molecular formula is C17H17N7O5S2. The zero-order chi connectivity index (χ0) is 21.9. The van der Waals surface area contributed by atoms with Crippen molar-refractivity contribution in [2.45, 2.75) is 23.7 Å². The highest BCUT2D eigenvalue weighted by Gasteiger charge is 2.65. The highest BCUT2D eigenvalue weighted by Crippen LogP contribution is 2.53. The summed E-state index contributed by atoms with van der Waals surface area (Å²) in [5, 5.41) is 23.7. The molecule has 5 heterocycles. The number of thiophene rings is 1. The largest absolute Gasteiger partial charge is 0.512 e. The Bertz CT molecular complexity index is 1100. The minimum Gasteiger partial charge on any atom is -0.449 e. The summed E-state index contributed by atoms with van der Waals surface area (Å²) in [5.41, 5.74) is 0. The lowest BCUT2D eigenvalue weighted by Gasteiger charge is -2.53. The van der Waals surface area contributed by atoms with Crippen molar-refractivity contribution in [1.82, 2.24) is 30.0 Å². The fourth-order valence-corrected chi connectivity index (χ4v) is 6.04. The Hall–Kier alpha value is -3.13. The monoisotopic (exact) mass is 463 g/mol. The van der Waals surface area contributed by atoms with Crippen molar-refractivity contribution in [3.8, 4) is 0 Å². The van der Waals surface area contributed by atoms with Gasteiger partial charge < -0.3 is 14.7 Å². The Balaban J connectivity index is 1.44. The lowest BCUT2D eigenvalue weighted by atomic mass is 9.81. The molecule has 2 saturated heterocycles. The Morgan fingerprint density at radius 1 is 1.42 bits per heavy atom. The summed E-state index contributed by atoms with van der Waals surface area (Å²) in [4.78, 5) is 42.5. The summed E-state index contributed by atoms with van der Waals surface area (Å²) < 4.78 is 6.48. The third-order valence-electron chi connectivity index (χ3n) is 5.64. The maximum atomic E-state index is 13.1. The van der Waals surface area contributed by atoms with E-state index in [9.17, 15) is 19.5 Å². The number of thioether (sulfide) groups is 1. The number of aromatic nitrogens is 4. The van der Waals surface area contributed by atoms with Gasteiger partial charge in [0.15, 0.2) is 0 Å². The van der Waals surface area contributed by atoms with Crippen LogP contribution in [0.25, 0.3) is 0 Å². The van der Waals surface area contributed by atoms with E-state index in [0.717, 1.165) is 5.00 Å². The molecule has 3 amide bonds. The van der Waals surface area contributed by atoms with Crippen molar-refractivity contribution in [3.63, 3.8) is 0 Å². The SMILES string of the molecule is CN(C(=O)N1CCC2C(Sc3nnnn3C)=C(OC(=O)O)N3C(=O)[C@@H]1[C@@H]23)c1cccs1. The van der Waals surface area contributed by atoms with Crippen LogP contribution in [0.15, 0.2) is 33.5 Å². The molecule has 2 fully saturated rings. The first-order chi connectivity index (χ1) is 14.9. The molecule has 3 atom stereocenters. The number of hydrogen-bond donors (Lipinski definition) is 1. The number of urea groups is 1. The number of hydrogen-bond acceptors (Lipinski definition) is 9. The zero-order valence-corrected chi connectivity index (χ0v) is 18.0. The van der Waals surface area contributed by atoms with Crippen LogP contribution in [0.5, 0.6) is 0 Å². The smallest absolute Gasteiger partial charge is 0.449 e. The molecule has 3 aliphatic heterocycles. The number of amides is 3. The van der Waals surface area contributed by atoms with E-state index in [1.54, 1.807) is 19.0 Å². The summed E-state index contributed by atoms with van der Waals surface area (Å²) in [6.07, 6.45) is -0.959. The molecule has 2 aromatic heterocycles. The third-order valence-corrected chi connectivity index (χ3v) is 7.81. The van der Waals surface area contributed by atoms with Crippen molar-refractivity contribution >= 4 is 46.2 Å². The molecule has 162 valence electrons. The quantitative estimate of drug-likeness (QED) is 0.527. The standard InChI is InChI=1S/C17H17N7O5S2/c1-21(9-4-3-7-30-9)16(26)23-6-5-8-10-11(23)13(25)24(10)14(29-17(27)28)12(8)31-15-18-19-20-22(15)2/h3-4,7-8,10-11H,5-6H2,1-2H3,(H,27,28)/t8?,10-,11+/m1/s1. The number of tetrazole rings is 1. The van der Waals surface area contributed by atoms with Gasteiger partial charge in [0.2, 0.25) is 11.0 Å². The summed E-state index contributed by atoms with van der Waals surface area (Å²) >= 11 is 2.61. The molecule has 1 unspecified atom stereocenters. The van der Waals surface area contributed by atoms with Gasteiger partial charge in [-0.25, -0.2) is 14.3 Å². The summed E-state index contributed by atoms with van der Waals surface area (Å²) in [6.45, 7) is 0.363. The fraction of sp³-hybridized carbons (Fsp3) is 0.412. The fourth-order valence-electron chi connectivity index (χ4n) is 4.27. The number of carbonyl (C=O) groups excluding carboxylic acids is 2. The molecule has 12 nitrogen and oxygen atoms in total. The number of carbonyl (C=O) groups is 3. The highest BCUT2D eigenvalue weighted by atomic mass is 32.2. The second-order valence-corrected chi connectivity index (χ2v) is 9.18. The lowest BCUT2D eigenvalue weighted by Crippen LogP contribution is -2.74. The number of carboxylic acid groups (broad SMARTS) is 1. The van der Waals surface area contributed by atoms with Crippen LogP contribution in [0.1, 0.15) is 6.42 Å². The van der Waals surface area contributed by atoms with E-state index in [1.165, 1.54) is 37.6 Å². The van der Waals surface area contributed by atoms with E-state index in [0.29, 0.717) is 23.0 Å². The van der Waals surface area contributed by atoms with E-state index in [1.807, 2.05) is 17.5 Å². The van der Waals surface area contributed by atoms with E-state index in [4.69, 9.17) is 4.74 Å². The Morgan fingerprint density at radius 3 is 2.87 bits per heavy atom. The van der Waals surface area contributed by atoms with E-state index < -0.39 is 12.2 Å². The topological polar surface area (TPSA) is 134 Å². The predicted molar refractivity (Wildman–Crippen MR) is 108 cm³/mol. The molecule has 0 aromatic carbocycles. The van der Waals surface area contributed by atoms with Crippen molar-refractivity contribution in [3.05, 3.63) is 28.3 Å². The minimum absolute atomic E-state index is 0.0161. The Kier molecular flexibility index (Phi) is 4.62. The van der Waals surface area contributed by atoms with Gasteiger partial charge in [-0.1, -0.05) is 0 Å². The van der Waals surface area contributed by atoms with Crippen LogP contribution < -0.4 is 4.90 Å². The molecular weight excluding hydrogens is 446 g/mol. The van der Waals surface area contributed by atoms with Gasteiger partial charge in [0.25, 0.3) is 5.91 Å². The first-order valence-corrected chi connectivity index (χ1v) is 11.0. The maximum Gasteiger partial charge on any atom is 0.512 e. The van der Waals surface area contributed by atoms with Gasteiger partial charge in [0, 0.05) is 26.6 Å². The molecule has 1 N–H and O–H groups in total. The van der Waals surface area contributed by atoms with Gasteiger partial charge in [-0.2, -0.15) is 0 Å². The van der Waals surface area contributed by atoms with Crippen LogP contribution >= 0.6 is 23.1 Å². The number of aryl methyl sites for hydroxylation is 1. The first kappa shape index (κ1) is 19.8. The number of likely N-dealkylation sites (tertiary alicyclic amines) is 1. The molecule has 31 heavy (non-hydrogen) atoms. The van der Waals surface area contributed by atoms with Gasteiger partial charge in [-0.15, -0.1) is 16.4 Å². The summed E-state index contributed by atoms with van der Waals surface area (Å²) in [7, 11) is 3.34. The number of anilines is 1. The number of nitrogens with zero attached hydrogens (tertiary/aromatic N) is 7. The molecule has 0 saturated carbocycles. The van der Waals surface area contributed by atoms with E-state index in [2.05, 4.69) is 15.5 Å². The van der Waals surface area contributed by atoms with Crippen molar-refractivity contribution < 1.29 is 24.2 Å². The van der Waals surface area contributed by atoms with E-state index >= 15 is 0 Å². The summed E-state index contributed by atoms with van der Waals surface area (Å²) in [6, 6.07) is 2.38. The second-order valence-electron chi connectivity index (χ2n) is 7.25. The molecule has 0 spiro atoms. The van der Waals surface area contributed by atoms with Gasteiger partial charge in [-0.3, -0.25) is 14.6 Å². The molecule has 5 rings (SSSR count). The zero-order valence-electron chi connectivity index (χ0n) is 16.4. The average molecular weight is 464 g/mol. The van der Waals surface area contributed by atoms with Crippen LogP contribution in [0, 0.1) is 5.92 Å². The highest BCUT2D eigenvalue weighted by molar-refractivity contribution is 8.03. The Morgan fingerprint density at radius 2 is 2.23 bits per heavy atom. The second kappa shape index (κ2) is 7.23. The van der Waals surface area contributed by atoms with Crippen LogP contribution in [-0.4, -0.2) is 78.9 Å². The van der Waals surface area contributed by atoms with Crippen LogP contribution in [0.2, 0.25) is 0 Å².